The predicted octanol–water partition coefficient (Wildman–Crippen LogP) is 3.79. The van der Waals surface area contributed by atoms with Crippen molar-refractivity contribution in [1.29, 1.82) is 0 Å². The standard InChI is InChI=1S/C16H18ClFN2/c1-20(2)13-7-3-5-11(9-13)15(19)10-12-6-4-8-14(18)16(12)17/h3-9,15H,10,19H2,1-2H3. The topological polar surface area (TPSA) is 29.3 Å². The summed E-state index contributed by atoms with van der Waals surface area (Å²) in [7, 11) is 3.96. The molecule has 2 rings (SSSR count). The van der Waals surface area contributed by atoms with Crippen molar-refractivity contribution >= 4 is 17.3 Å². The fraction of sp³-hybridized carbons (Fsp3) is 0.250. The summed E-state index contributed by atoms with van der Waals surface area (Å²) in [4.78, 5) is 2.02. The Morgan fingerprint density at radius 1 is 1.20 bits per heavy atom. The van der Waals surface area contributed by atoms with Gasteiger partial charge in [0.1, 0.15) is 5.82 Å². The second-order valence-corrected chi connectivity index (χ2v) is 5.39. The highest BCUT2D eigenvalue weighted by atomic mass is 35.5. The molecule has 0 aliphatic carbocycles. The van der Waals surface area contributed by atoms with Gasteiger partial charge in [-0.05, 0) is 35.7 Å². The average Bonchev–Trinajstić information content (AvgIpc) is 2.44. The van der Waals surface area contributed by atoms with E-state index >= 15 is 0 Å². The SMILES string of the molecule is CN(C)c1cccc(C(N)Cc2cccc(F)c2Cl)c1. The van der Waals surface area contributed by atoms with Crippen LogP contribution in [0.5, 0.6) is 0 Å². The summed E-state index contributed by atoms with van der Waals surface area (Å²) in [5.41, 5.74) is 9.04. The molecule has 0 bridgehead atoms. The first-order valence-electron chi connectivity index (χ1n) is 6.45. The lowest BCUT2D eigenvalue weighted by molar-refractivity contribution is 0.622. The largest absolute Gasteiger partial charge is 0.378 e. The Hall–Kier alpha value is -1.58. The molecule has 0 fully saturated rings. The third kappa shape index (κ3) is 3.30. The van der Waals surface area contributed by atoms with Crippen molar-refractivity contribution in [3.63, 3.8) is 0 Å². The van der Waals surface area contributed by atoms with E-state index in [0.717, 1.165) is 16.8 Å². The third-order valence-corrected chi connectivity index (χ3v) is 3.71. The van der Waals surface area contributed by atoms with Gasteiger partial charge in [-0.2, -0.15) is 0 Å². The fourth-order valence-electron chi connectivity index (χ4n) is 2.09. The number of nitrogens with two attached hydrogens (primary N) is 1. The van der Waals surface area contributed by atoms with Gasteiger partial charge in [-0.1, -0.05) is 35.9 Å². The highest BCUT2D eigenvalue weighted by Gasteiger charge is 2.12. The Bertz CT molecular complexity index is 599. The van der Waals surface area contributed by atoms with Crippen molar-refractivity contribution in [2.24, 2.45) is 5.73 Å². The number of nitrogens with zero attached hydrogens (tertiary/aromatic N) is 1. The van der Waals surface area contributed by atoms with E-state index < -0.39 is 5.82 Å². The summed E-state index contributed by atoms with van der Waals surface area (Å²) in [6, 6.07) is 12.6. The minimum atomic E-state index is -0.404. The molecule has 106 valence electrons. The third-order valence-electron chi connectivity index (χ3n) is 3.29. The van der Waals surface area contributed by atoms with Crippen LogP contribution in [0.1, 0.15) is 17.2 Å². The smallest absolute Gasteiger partial charge is 0.142 e. The first kappa shape index (κ1) is 14.8. The quantitative estimate of drug-likeness (QED) is 0.929. The number of halogens is 2. The lowest BCUT2D eigenvalue weighted by Crippen LogP contribution is -2.15. The molecule has 0 radical (unpaired) electrons. The molecule has 2 N–H and O–H groups in total. The van der Waals surface area contributed by atoms with Crippen LogP contribution in [0, 0.1) is 5.82 Å². The van der Waals surface area contributed by atoms with Gasteiger partial charge >= 0.3 is 0 Å². The summed E-state index contributed by atoms with van der Waals surface area (Å²) in [6.45, 7) is 0. The van der Waals surface area contributed by atoms with E-state index in [0.29, 0.717) is 6.42 Å². The van der Waals surface area contributed by atoms with Crippen LogP contribution in [0.15, 0.2) is 42.5 Å². The van der Waals surface area contributed by atoms with Gasteiger partial charge in [0.2, 0.25) is 0 Å². The van der Waals surface area contributed by atoms with Gasteiger partial charge in [-0.3, -0.25) is 0 Å². The zero-order valence-corrected chi connectivity index (χ0v) is 12.4. The second-order valence-electron chi connectivity index (χ2n) is 5.01. The fourth-order valence-corrected chi connectivity index (χ4v) is 2.30. The van der Waals surface area contributed by atoms with E-state index in [1.54, 1.807) is 12.1 Å². The molecule has 2 aromatic rings. The summed E-state index contributed by atoms with van der Waals surface area (Å²) in [5, 5.41) is 0.159. The number of hydrogen-bond donors (Lipinski definition) is 1. The summed E-state index contributed by atoms with van der Waals surface area (Å²) in [5.74, 6) is -0.404. The van der Waals surface area contributed by atoms with Crippen LogP contribution in [-0.4, -0.2) is 14.1 Å². The van der Waals surface area contributed by atoms with Gasteiger partial charge in [0.15, 0.2) is 0 Å². The number of rotatable bonds is 4. The Kier molecular flexibility index (Phi) is 4.63. The number of anilines is 1. The van der Waals surface area contributed by atoms with Crippen molar-refractivity contribution in [1.82, 2.24) is 0 Å². The lowest BCUT2D eigenvalue weighted by atomic mass is 9.99. The number of hydrogen-bond acceptors (Lipinski definition) is 2. The summed E-state index contributed by atoms with van der Waals surface area (Å²) >= 11 is 5.97. The summed E-state index contributed by atoms with van der Waals surface area (Å²) < 4.78 is 13.4. The molecule has 0 saturated heterocycles. The van der Waals surface area contributed by atoms with Gasteiger partial charge < -0.3 is 10.6 Å². The molecular weight excluding hydrogens is 275 g/mol. The van der Waals surface area contributed by atoms with Gasteiger partial charge in [0, 0.05) is 25.8 Å². The van der Waals surface area contributed by atoms with Crippen LogP contribution in [0.4, 0.5) is 10.1 Å². The number of benzene rings is 2. The van der Waals surface area contributed by atoms with Crippen LogP contribution >= 0.6 is 11.6 Å². The molecule has 0 aliphatic rings. The molecule has 0 aromatic heterocycles. The minimum Gasteiger partial charge on any atom is -0.378 e. The molecule has 0 spiro atoms. The molecule has 0 saturated carbocycles. The highest BCUT2D eigenvalue weighted by molar-refractivity contribution is 6.31. The minimum absolute atomic E-state index is 0.159. The Labute approximate surface area is 124 Å². The zero-order valence-electron chi connectivity index (χ0n) is 11.6. The zero-order chi connectivity index (χ0) is 14.7. The Morgan fingerprint density at radius 3 is 2.60 bits per heavy atom. The maximum Gasteiger partial charge on any atom is 0.142 e. The van der Waals surface area contributed by atoms with Crippen LogP contribution in [-0.2, 0) is 6.42 Å². The maximum absolute atomic E-state index is 13.4. The van der Waals surface area contributed by atoms with E-state index in [-0.39, 0.29) is 11.1 Å². The molecule has 0 heterocycles. The van der Waals surface area contributed by atoms with E-state index in [9.17, 15) is 4.39 Å². The van der Waals surface area contributed by atoms with E-state index in [4.69, 9.17) is 17.3 Å². The van der Waals surface area contributed by atoms with Crippen molar-refractivity contribution in [2.45, 2.75) is 12.5 Å². The normalized spacial score (nSPS) is 12.2. The molecule has 2 nitrogen and oxygen atoms in total. The first-order valence-corrected chi connectivity index (χ1v) is 6.82. The van der Waals surface area contributed by atoms with Crippen molar-refractivity contribution in [2.75, 3.05) is 19.0 Å². The molecule has 0 aliphatic heterocycles. The van der Waals surface area contributed by atoms with Crippen molar-refractivity contribution in [3.8, 4) is 0 Å². The van der Waals surface area contributed by atoms with Crippen LogP contribution in [0.25, 0.3) is 0 Å². The molecule has 0 amide bonds. The first-order chi connectivity index (χ1) is 9.49. The monoisotopic (exact) mass is 292 g/mol. The van der Waals surface area contributed by atoms with Gasteiger partial charge in [0.05, 0.1) is 5.02 Å². The van der Waals surface area contributed by atoms with E-state index in [1.165, 1.54) is 6.07 Å². The Balaban J connectivity index is 2.21. The predicted molar refractivity (Wildman–Crippen MR) is 82.8 cm³/mol. The molecule has 20 heavy (non-hydrogen) atoms. The lowest BCUT2D eigenvalue weighted by Gasteiger charge is -2.17. The molecule has 1 unspecified atom stereocenters. The average molecular weight is 293 g/mol. The molecule has 4 heteroatoms. The summed E-state index contributed by atoms with van der Waals surface area (Å²) in [6.07, 6.45) is 0.507. The van der Waals surface area contributed by atoms with Crippen LogP contribution in [0.2, 0.25) is 5.02 Å². The van der Waals surface area contributed by atoms with Crippen LogP contribution < -0.4 is 10.6 Å². The second kappa shape index (κ2) is 6.25. The molecular formula is C16H18ClFN2. The van der Waals surface area contributed by atoms with Crippen molar-refractivity contribution in [3.05, 3.63) is 64.4 Å². The van der Waals surface area contributed by atoms with Gasteiger partial charge in [0.25, 0.3) is 0 Å². The van der Waals surface area contributed by atoms with Crippen molar-refractivity contribution < 1.29 is 4.39 Å². The molecule has 1 atom stereocenters. The Morgan fingerprint density at radius 2 is 1.90 bits per heavy atom. The van der Waals surface area contributed by atoms with Crippen LogP contribution in [0.3, 0.4) is 0 Å². The van der Waals surface area contributed by atoms with E-state index in [2.05, 4.69) is 0 Å². The molecule has 2 aromatic carbocycles. The van der Waals surface area contributed by atoms with E-state index in [1.807, 2.05) is 43.3 Å². The maximum atomic E-state index is 13.4. The van der Waals surface area contributed by atoms with Gasteiger partial charge in [-0.15, -0.1) is 0 Å². The van der Waals surface area contributed by atoms with Gasteiger partial charge in [-0.25, -0.2) is 4.39 Å². The highest BCUT2D eigenvalue weighted by Crippen LogP contribution is 2.26.